The van der Waals surface area contributed by atoms with Gasteiger partial charge in [-0.3, -0.25) is 19.5 Å². The van der Waals surface area contributed by atoms with E-state index in [1.54, 1.807) is 24.4 Å². The normalized spacial score (nSPS) is 27.9. The van der Waals surface area contributed by atoms with Crippen LogP contribution in [0.3, 0.4) is 0 Å². The van der Waals surface area contributed by atoms with Crippen LogP contribution in [0, 0.1) is 23.7 Å². The lowest BCUT2D eigenvalue weighted by molar-refractivity contribution is -0.143. The number of thiazole rings is 1. The molecule has 4 atom stereocenters. The maximum Gasteiger partial charge on any atom is 0.336 e. The molecule has 3 heterocycles. The Morgan fingerprint density at radius 3 is 2.26 bits per heavy atom. The molecule has 2 bridgehead atoms. The van der Waals surface area contributed by atoms with Gasteiger partial charge in [-0.05, 0) is 67.6 Å². The van der Waals surface area contributed by atoms with Crippen LogP contribution in [0.15, 0.2) is 46.0 Å². The number of benzene rings is 1. The van der Waals surface area contributed by atoms with Gasteiger partial charge < -0.3 is 14.4 Å². The van der Waals surface area contributed by atoms with Gasteiger partial charge in [-0.2, -0.15) is 0 Å². The minimum absolute atomic E-state index is 0.0986. The Balaban J connectivity index is 1.29. The third kappa shape index (κ3) is 7.02. The zero-order valence-corrected chi connectivity index (χ0v) is 29.5. The van der Waals surface area contributed by atoms with E-state index in [2.05, 4.69) is 16.8 Å². The summed E-state index contributed by atoms with van der Waals surface area (Å²) >= 11 is 15.0. The predicted octanol–water partition coefficient (Wildman–Crippen LogP) is 6.20. The number of aliphatic imine (C=N–C) groups is 1. The smallest absolute Gasteiger partial charge is 0.336 e. The van der Waals surface area contributed by atoms with Gasteiger partial charge >= 0.3 is 11.9 Å². The topological polar surface area (TPSA) is 101 Å². The summed E-state index contributed by atoms with van der Waals surface area (Å²) in [5.74, 6) is -0.995. The van der Waals surface area contributed by atoms with Gasteiger partial charge in [-0.15, -0.1) is 11.3 Å². The van der Waals surface area contributed by atoms with Crippen LogP contribution in [0.1, 0.15) is 61.9 Å². The molecule has 1 saturated heterocycles. The van der Waals surface area contributed by atoms with Gasteiger partial charge in [-0.25, -0.2) is 9.78 Å². The fourth-order valence-corrected chi connectivity index (χ4v) is 9.61. The molecule has 1 aromatic heterocycles. The highest BCUT2D eigenvalue weighted by Gasteiger charge is 2.47. The van der Waals surface area contributed by atoms with Gasteiger partial charge in [0.2, 0.25) is 5.91 Å². The van der Waals surface area contributed by atoms with E-state index >= 15 is 0 Å². The van der Waals surface area contributed by atoms with Gasteiger partial charge in [0.25, 0.3) is 0 Å². The summed E-state index contributed by atoms with van der Waals surface area (Å²) in [7, 11) is 2.57. The van der Waals surface area contributed by atoms with Crippen molar-refractivity contribution in [2.75, 3.05) is 40.4 Å². The monoisotopic (exact) mass is 700 g/mol. The molecule has 6 rings (SSSR count). The van der Waals surface area contributed by atoms with Crippen LogP contribution in [0.5, 0.6) is 0 Å². The molecule has 2 aliphatic heterocycles. The van der Waals surface area contributed by atoms with Crippen LogP contribution in [0.2, 0.25) is 10.0 Å². The van der Waals surface area contributed by atoms with Crippen LogP contribution in [-0.4, -0.2) is 84.8 Å². The molecule has 3 fully saturated rings. The van der Waals surface area contributed by atoms with Crippen molar-refractivity contribution in [2.24, 2.45) is 28.7 Å². The summed E-state index contributed by atoms with van der Waals surface area (Å²) in [6.45, 7) is 5.33. The van der Waals surface area contributed by atoms with Crippen molar-refractivity contribution < 1.29 is 23.9 Å². The van der Waals surface area contributed by atoms with Crippen LogP contribution in [-0.2, 0) is 30.3 Å². The number of methoxy groups -OCH3 is 2. The lowest BCUT2D eigenvalue weighted by Crippen LogP contribution is -2.54. The SMILES string of the molecule is COC(=O)C1=C(CCc2nccs2)N=C(CC(=O)N2CCN(C3CC4CCC(C3)C4C)CC2)C(C(=O)OC)C1c1c(Cl)cccc1Cl. The molecule has 2 aliphatic carbocycles. The first-order chi connectivity index (χ1) is 22.7. The number of nitrogens with zero attached hydrogens (tertiary/aromatic N) is 4. The first-order valence-electron chi connectivity index (χ1n) is 16.5. The number of carbonyl (C=O) groups is 3. The van der Waals surface area contributed by atoms with E-state index < -0.39 is 23.8 Å². The summed E-state index contributed by atoms with van der Waals surface area (Å²) in [5, 5.41) is 3.32. The average molecular weight is 702 g/mol. The Hall–Kier alpha value is -2.79. The molecule has 2 saturated carbocycles. The highest BCUT2D eigenvalue weighted by molar-refractivity contribution is 7.09. The molecule has 12 heteroatoms. The van der Waals surface area contributed by atoms with Crippen molar-refractivity contribution in [1.29, 1.82) is 0 Å². The molecule has 0 N–H and O–H groups in total. The van der Waals surface area contributed by atoms with Crippen LogP contribution >= 0.6 is 34.5 Å². The maximum atomic E-state index is 14.0. The standard InChI is InChI=1S/C35H42Cl2N4O5S/c1-20-21-7-8-22(20)18-23(17-21)40-12-14-41(15-13-40)29(42)19-27-32(35(44)46-3)33(30-24(36)5-4-6-25(30)37)31(34(43)45-2)26(39-27)9-10-28-38-11-16-47-28/h4-6,11,16,20-23,32-33H,7-10,12-15,17-19H2,1-3H3. The highest BCUT2D eigenvalue weighted by Crippen LogP contribution is 2.48. The van der Waals surface area contributed by atoms with Crippen molar-refractivity contribution >= 4 is 58.1 Å². The quantitative estimate of drug-likeness (QED) is 0.287. The van der Waals surface area contributed by atoms with E-state index in [0.717, 1.165) is 35.9 Å². The first kappa shape index (κ1) is 34.1. The largest absolute Gasteiger partial charge is 0.468 e. The van der Waals surface area contributed by atoms with Gasteiger partial charge in [0, 0.05) is 71.9 Å². The number of carbonyl (C=O) groups excluding carboxylic acids is 3. The number of hydrogen-bond acceptors (Lipinski definition) is 9. The lowest BCUT2D eigenvalue weighted by atomic mass is 9.74. The summed E-state index contributed by atoms with van der Waals surface area (Å²) in [6.07, 6.45) is 7.68. The number of piperazine rings is 1. The number of hydrogen-bond donors (Lipinski definition) is 0. The van der Waals surface area contributed by atoms with Crippen molar-refractivity contribution in [3.05, 3.63) is 61.7 Å². The molecule has 9 nitrogen and oxygen atoms in total. The average Bonchev–Trinajstić information content (AvgIpc) is 3.65. The number of halogens is 2. The second-order valence-electron chi connectivity index (χ2n) is 13.2. The van der Waals surface area contributed by atoms with Crippen molar-refractivity contribution in [1.82, 2.24) is 14.8 Å². The third-order valence-electron chi connectivity index (χ3n) is 10.9. The van der Waals surface area contributed by atoms with Crippen molar-refractivity contribution in [2.45, 2.75) is 63.8 Å². The minimum atomic E-state index is -1.11. The molecule has 4 aliphatic rings. The Morgan fingerprint density at radius 2 is 1.66 bits per heavy atom. The summed E-state index contributed by atoms with van der Waals surface area (Å²) < 4.78 is 10.5. The van der Waals surface area contributed by atoms with E-state index in [4.69, 9.17) is 37.7 Å². The van der Waals surface area contributed by atoms with Gasteiger partial charge in [-0.1, -0.05) is 36.2 Å². The number of aromatic nitrogens is 1. The number of rotatable bonds is 9. The molecule has 4 unspecified atom stereocenters. The number of fused-ring (bicyclic) bond motifs is 2. The Kier molecular flexibility index (Phi) is 10.7. The molecule has 2 aromatic rings. The number of esters is 2. The van der Waals surface area contributed by atoms with Crippen molar-refractivity contribution in [3.8, 4) is 0 Å². The summed E-state index contributed by atoms with van der Waals surface area (Å²) in [6, 6.07) is 5.62. The number of amides is 1. The molecule has 1 aromatic carbocycles. The maximum absolute atomic E-state index is 14.0. The fraction of sp³-hybridized carbons (Fsp3) is 0.571. The number of aryl methyl sites for hydroxylation is 1. The number of allylic oxidation sites excluding steroid dienone is 1. The first-order valence-corrected chi connectivity index (χ1v) is 18.1. The Morgan fingerprint density at radius 1 is 0.979 bits per heavy atom. The third-order valence-corrected chi connectivity index (χ3v) is 12.4. The second-order valence-corrected chi connectivity index (χ2v) is 15.0. The molecular weight excluding hydrogens is 659 g/mol. The number of ether oxygens (including phenoxy) is 2. The zero-order valence-electron chi connectivity index (χ0n) is 27.1. The van der Waals surface area contributed by atoms with Crippen LogP contribution < -0.4 is 0 Å². The van der Waals surface area contributed by atoms with E-state index in [-0.39, 0.29) is 27.9 Å². The van der Waals surface area contributed by atoms with E-state index in [9.17, 15) is 14.4 Å². The highest BCUT2D eigenvalue weighted by atomic mass is 35.5. The lowest BCUT2D eigenvalue weighted by Gasteiger charge is -2.44. The fourth-order valence-electron chi connectivity index (χ4n) is 8.36. The van der Waals surface area contributed by atoms with Crippen LogP contribution in [0.25, 0.3) is 0 Å². The molecule has 1 amide bonds. The summed E-state index contributed by atoms with van der Waals surface area (Å²) in [4.78, 5) is 54.9. The molecule has 0 spiro atoms. The van der Waals surface area contributed by atoms with Gasteiger partial charge in [0.1, 0.15) is 5.92 Å². The predicted molar refractivity (Wildman–Crippen MR) is 183 cm³/mol. The van der Waals surface area contributed by atoms with Crippen LogP contribution in [0.4, 0.5) is 0 Å². The molecular formula is C35H42Cl2N4O5S. The van der Waals surface area contributed by atoms with E-state index in [0.29, 0.717) is 48.9 Å². The molecule has 0 radical (unpaired) electrons. The molecule has 252 valence electrons. The molecule has 47 heavy (non-hydrogen) atoms. The Bertz CT molecular complexity index is 1520. The van der Waals surface area contributed by atoms with Gasteiger partial charge in [0.05, 0.1) is 36.9 Å². The second kappa shape index (κ2) is 14.8. The summed E-state index contributed by atoms with van der Waals surface area (Å²) in [5.41, 5.74) is 1.31. The van der Waals surface area contributed by atoms with E-state index in [1.807, 2.05) is 10.3 Å². The van der Waals surface area contributed by atoms with E-state index in [1.165, 1.54) is 51.2 Å². The zero-order chi connectivity index (χ0) is 33.2. The minimum Gasteiger partial charge on any atom is -0.468 e. The Labute approximate surface area is 290 Å². The van der Waals surface area contributed by atoms with Gasteiger partial charge in [0.15, 0.2) is 0 Å². The van der Waals surface area contributed by atoms with Crippen molar-refractivity contribution in [3.63, 3.8) is 0 Å².